The molecule has 0 bridgehead atoms. The molecule has 2 aliphatic rings. The fraction of sp³-hybridized carbons (Fsp3) is 0.222. The van der Waals surface area contributed by atoms with E-state index in [4.69, 9.17) is 9.47 Å². The number of urea groups is 1. The highest BCUT2D eigenvalue weighted by atomic mass is 16.5. The van der Waals surface area contributed by atoms with Crippen LogP contribution in [0.4, 0.5) is 4.79 Å². The summed E-state index contributed by atoms with van der Waals surface area (Å²) >= 11 is 0. The Morgan fingerprint density at radius 3 is 2.32 bits per heavy atom. The van der Waals surface area contributed by atoms with E-state index in [2.05, 4.69) is 5.32 Å². The highest BCUT2D eigenvalue weighted by molar-refractivity contribution is 6.11. The minimum Gasteiger partial charge on any atom is -0.490 e. The summed E-state index contributed by atoms with van der Waals surface area (Å²) in [4.78, 5) is 39.9. The van der Waals surface area contributed by atoms with Crippen molar-refractivity contribution in [3.8, 4) is 22.6 Å². The van der Waals surface area contributed by atoms with Crippen molar-refractivity contribution in [2.75, 3.05) is 19.8 Å². The lowest BCUT2D eigenvalue weighted by atomic mass is 9.91. The van der Waals surface area contributed by atoms with Crippen LogP contribution in [0.3, 0.4) is 0 Å². The average molecular weight is 456 g/mol. The molecule has 0 aliphatic carbocycles. The van der Waals surface area contributed by atoms with E-state index >= 15 is 0 Å². The lowest BCUT2D eigenvalue weighted by Gasteiger charge is -2.23. The number of ether oxygens (including phenoxy) is 2. The number of ketones is 1. The maximum atomic E-state index is 13.3. The highest BCUT2D eigenvalue weighted by Crippen LogP contribution is 2.36. The number of nitrogens with zero attached hydrogens (tertiary/aromatic N) is 1. The molecule has 1 fully saturated rings. The fourth-order valence-corrected chi connectivity index (χ4v) is 4.22. The van der Waals surface area contributed by atoms with Crippen molar-refractivity contribution in [1.29, 1.82) is 0 Å². The molecule has 3 amide bonds. The number of hydrogen-bond acceptors (Lipinski definition) is 5. The van der Waals surface area contributed by atoms with Gasteiger partial charge in [-0.05, 0) is 35.7 Å². The van der Waals surface area contributed by atoms with Gasteiger partial charge in [-0.25, -0.2) is 4.79 Å². The minimum atomic E-state index is -1.31. The summed E-state index contributed by atoms with van der Waals surface area (Å²) in [6.07, 6.45) is 0.763. The molecule has 5 rings (SSSR count). The Morgan fingerprint density at radius 1 is 0.912 bits per heavy atom. The van der Waals surface area contributed by atoms with Crippen LogP contribution in [-0.2, 0) is 10.3 Å². The van der Waals surface area contributed by atoms with Crippen LogP contribution in [-0.4, -0.2) is 42.4 Å². The molecule has 1 atom stereocenters. The van der Waals surface area contributed by atoms with Gasteiger partial charge < -0.3 is 14.8 Å². The molecule has 0 radical (unpaired) electrons. The molecule has 0 unspecified atom stereocenters. The molecular formula is C27H24N2O5. The summed E-state index contributed by atoms with van der Waals surface area (Å²) in [5.41, 5.74) is 1.72. The van der Waals surface area contributed by atoms with Gasteiger partial charge in [0.25, 0.3) is 5.91 Å². The Morgan fingerprint density at radius 2 is 1.59 bits per heavy atom. The number of benzene rings is 3. The summed E-state index contributed by atoms with van der Waals surface area (Å²) in [5.74, 6) is 0.339. The van der Waals surface area contributed by atoms with E-state index in [1.54, 1.807) is 37.3 Å². The second-order valence-electron chi connectivity index (χ2n) is 8.52. The lowest BCUT2D eigenvalue weighted by Crippen LogP contribution is -2.41. The summed E-state index contributed by atoms with van der Waals surface area (Å²) in [6, 6.07) is 21.6. The Labute approximate surface area is 197 Å². The molecule has 34 heavy (non-hydrogen) atoms. The van der Waals surface area contributed by atoms with E-state index in [-0.39, 0.29) is 12.3 Å². The second-order valence-corrected chi connectivity index (χ2v) is 8.52. The van der Waals surface area contributed by atoms with Gasteiger partial charge in [-0.2, -0.15) is 0 Å². The van der Waals surface area contributed by atoms with Crippen molar-refractivity contribution >= 4 is 17.7 Å². The summed E-state index contributed by atoms with van der Waals surface area (Å²) in [7, 11) is 0. The van der Waals surface area contributed by atoms with Crippen LogP contribution in [0, 0.1) is 0 Å². The van der Waals surface area contributed by atoms with E-state index in [9.17, 15) is 14.4 Å². The van der Waals surface area contributed by atoms with Crippen molar-refractivity contribution in [2.24, 2.45) is 0 Å². The monoisotopic (exact) mass is 456 g/mol. The van der Waals surface area contributed by atoms with Gasteiger partial charge in [-0.1, -0.05) is 60.7 Å². The molecule has 1 saturated heterocycles. The van der Waals surface area contributed by atoms with Crippen LogP contribution in [0.1, 0.15) is 29.3 Å². The molecule has 2 aliphatic heterocycles. The van der Waals surface area contributed by atoms with Crippen LogP contribution >= 0.6 is 0 Å². The number of amides is 3. The van der Waals surface area contributed by atoms with Gasteiger partial charge in [0.2, 0.25) is 0 Å². The number of carbonyl (C=O) groups excluding carboxylic acids is 3. The summed E-state index contributed by atoms with van der Waals surface area (Å²) in [6.45, 7) is 2.36. The molecule has 172 valence electrons. The number of hydrogen-bond donors (Lipinski definition) is 1. The first-order valence-electron chi connectivity index (χ1n) is 11.2. The van der Waals surface area contributed by atoms with Gasteiger partial charge in [0.1, 0.15) is 5.54 Å². The Bertz CT molecular complexity index is 1260. The molecule has 3 aromatic carbocycles. The molecule has 0 aromatic heterocycles. The van der Waals surface area contributed by atoms with Gasteiger partial charge in [-0.3, -0.25) is 14.5 Å². The zero-order valence-electron chi connectivity index (χ0n) is 18.7. The van der Waals surface area contributed by atoms with E-state index in [1.807, 2.05) is 42.5 Å². The maximum absolute atomic E-state index is 13.3. The van der Waals surface area contributed by atoms with Crippen molar-refractivity contribution in [3.05, 3.63) is 83.9 Å². The van der Waals surface area contributed by atoms with Crippen LogP contribution in [0.25, 0.3) is 11.1 Å². The predicted molar refractivity (Wildman–Crippen MR) is 126 cm³/mol. The van der Waals surface area contributed by atoms with Crippen molar-refractivity contribution in [3.63, 3.8) is 0 Å². The second kappa shape index (κ2) is 8.67. The fourth-order valence-electron chi connectivity index (χ4n) is 4.22. The minimum absolute atomic E-state index is 0.314. The first kappa shape index (κ1) is 21.7. The lowest BCUT2D eigenvalue weighted by molar-refractivity contribution is -0.130. The zero-order valence-corrected chi connectivity index (χ0v) is 18.7. The van der Waals surface area contributed by atoms with Crippen LogP contribution in [0.15, 0.2) is 72.8 Å². The molecule has 7 heteroatoms. The molecule has 3 aromatic rings. The van der Waals surface area contributed by atoms with Crippen molar-refractivity contribution in [2.45, 2.75) is 18.9 Å². The van der Waals surface area contributed by atoms with E-state index in [0.29, 0.717) is 35.8 Å². The number of imide groups is 1. The van der Waals surface area contributed by atoms with Gasteiger partial charge in [-0.15, -0.1) is 0 Å². The number of carbonyl (C=O) groups is 3. The Kier molecular flexibility index (Phi) is 5.53. The van der Waals surface area contributed by atoms with Crippen LogP contribution in [0.2, 0.25) is 0 Å². The molecular weight excluding hydrogens is 432 g/mol. The number of fused-ring (bicyclic) bond motifs is 1. The first-order chi connectivity index (χ1) is 16.5. The van der Waals surface area contributed by atoms with Gasteiger partial charge in [0.05, 0.1) is 19.8 Å². The summed E-state index contributed by atoms with van der Waals surface area (Å²) < 4.78 is 11.4. The normalized spacial score (nSPS) is 19.5. The van der Waals surface area contributed by atoms with Crippen molar-refractivity contribution < 1.29 is 23.9 Å². The SMILES string of the molecule is C[C@]1(c2ccc3c(c2)OCCCO3)NC(=O)N(CC(=O)c2ccc(-c3ccccc3)cc2)C1=O. The Balaban J connectivity index is 1.33. The largest absolute Gasteiger partial charge is 0.490 e. The quantitative estimate of drug-likeness (QED) is 0.460. The molecule has 1 N–H and O–H groups in total. The molecule has 0 saturated carbocycles. The maximum Gasteiger partial charge on any atom is 0.325 e. The number of Topliss-reactive ketones (excluding diaryl/α,β-unsaturated/α-hetero) is 1. The van der Waals surface area contributed by atoms with Gasteiger partial charge in [0.15, 0.2) is 17.3 Å². The molecule has 2 heterocycles. The molecule has 7 nitrogen and oxygen atoms in total. The van der Waals surface area contributed by atoms with E-state index in [0.717, 1.165) is 22.4 Å². The standard InChI is InChI=1S/C27H24N2O5/c1-27(21-12-13-23-24(16-21)34-15-5-14-33-23)25(31)29(26(32)28-27)17-22(30)20-10-8-19(9-11-20)18-6-3-2-4-7-18/h2-4,6-13,16H,5,14-15,17H2,1H3,(H,28,32)/t27-/m1/s1. The molecule has 0 spiro atoms. The highest BCUT2D eigenvalue weighted by Gasteiger charge is 2.49. The zero-order chi connectivity index (χ0) is 23.7. The van der Waals surface area contributed by atoms with E-state index in [1.165, 1.54) is 0 Å². The van der Waals surface area contributed by atoms with Crippen molar-refractivity contribution in [1.82, 2.24) is 10.2 Å². The van der Waals surface area contributed by atoms with Gasteiger partial charge >= 0.3 is 6.03 Å². The third-order valence-electron chi connectivity index (χ3n) is 6.22. The van der Waals surface area contributed by atoms with Gasteiger partial charge in [0, 0.05) is 12.0 Å². The third kappa shape index (κ3) is 3.90. The first-order valence-corrected chi connectivity index (χ1v) is 11.2. The smallest absolute Gasteiger partial charge is 0.325 e. The van der Waals surface area contributed by atoms with E-state index < -0.39 is 17.5 Å². The Hall–Kier alpha value is -4.13. The number of nitrogens with one attached hydrogen (secondary N) is 1. The summed E-state index contributed by atoms with van der Waals surface area (Å²) in [5, 5.41) is 2.75. The van der Waals surface area contributed by atoms with Crippen LogP contribution < -0.4 is 14.8 Å². The van der Waals surface area contributed by atoms with Crippen LogP contribution in [0.5, 0.6) is 11.5 Å². The predicted octanol–water partition coefficient (Wildman–Crippen LogP) is 4.16. The topological polar surface area (TPSA) is 84.9 Å². The average Bonchev–Trinajstić information content (AvgIpc) is 3.02. The third-order valence-corrected chi connectivity index (χ3v) is 6.22. The number of rotatable bonds is 5.